The average molecular weight is 331 g/mol. The van der Waals surface area contributed by atoms with Gasteiger partial charge in [0.2, 0.25) is 11.8 Å². The van der Waals surface area contributed by atoms with Gasteiger partial charge in [-0.3, -0.25) is 14.4 Å². The van der Waals surface area contributed by atoms with Crippen molar-refractivity contribution >= 4 is 23.8 Å². The van der Waals surface area contributed by atoms with E-state index in [-0.39, 0.29) is 5.92 Å². The second-order valence-corrected chi connectivity index (χ2v) is 6.00. The minimum absolute atomic E-state index is 0.203. The average Bonchev–Trinajstić information content (AvgIpc) is 2.41. The van der Waals surface area contributed by atoms with Crippen LogP contribution in [0.2, 0.25) is 0 Å². The minimum atomic E-state index is -1.40. The molecule has 132 valence electrons. The molecular weight excluding hydrogens is 306 g/mol. The molecule has 0 heterocycles. The van der Waals surface area contributed by atoms with Crippen LogP contribution < -0.4 is 16.4 Å². The van der Waals surface area contributed by atoms with E-state index in [1.54, 1.807) is 27.7 Å². The topological polar surface area (TPSA) is 159 Å². The number of carboxylic acids is 2. The number of carboxylic acid groups (broad SMARTS) is 2. The van der Waals surface area contributed by atoms with Crippen LogP contribution >= 0.6 is 0 Å². The molecule has 23 heavy (non-hydrogen) atoms. The molecule has 3 atom stereocenters. The summed E-state index contributed by atoms with van der Waals surface area (Å²) in [6, 6.07) is -3.49. The first-order valence-electron chi connectivity index (χ1n) is 7.28. The molecule has 0 unspecified atom stereocenters. The Morgan fingerprint density at radius 1 is 0.913 bits per heavy atom. The molecule has 0 fully saturated rings. The van der Waals surface area contributed by atoms with Gasteiger partial charge >= 0.3 is 11.9 Å². The molecule has 0 bridgehead atoms. The van der Waals surface area contributed by atoms with E-state index in [1.165, 1.54) is 0 Å². The number of aliphatic carboxylic acids is 2. The van der Waals surface area contributed by atoms with Gasteiger partial charge in [0, 0.05) is 0 Å². The highest BCUT2D eigenvalue weighted by Crippen LogP contribution is 2.05. The molecule has 2 amide bonds. The fourth-order valence-electron chi connectivity index (χ4n) is 1.72. The molecule has 0 aliphatic rings. The van der Waals surface area contributed by atoms with Gasteiger partial charge in [0.05, 0.1) is 12.5 Å². The third-order valence-corrected chi connectivity index (χ3v) is 3.26. The van der Waals surface area contributed by atoms with E-state index < -0.39 is 54.2 Å². The number of nitrogens with one attached hydrogen (secondary N) is 2. The van der Waals surface area contributed by atoms with E-state index in [2.05, 4.69) is 10.6 Å². The minimum Gasteiger partial charge on any atom is -0.481 e. The molecule has 0 aliphatic heterocycles. The van der Waals surface area contributed by atoms with Gasteiger partial charge in [0.25, 0.3) is 0 Å². The van der Waals surface area contributed by atoms with Gasteiger partial charge in [0.1, 0.15) is 12.1 Å². The highest BCUT2D eigenvalue weighted by atomic mass is 16.4. The molecule has 9 nitrogen and oxygen atoms in total. The van der Waals surface area contributed by atoms with E-state index >= 15 is 0 Å². The third-order valence-electron chi connectivity index (χ3n) is 3.26. The lowest BCUT2D eigenvalue weighted by molar-refractivity contribution is -0.144. The van der Waals surface area contributed by atoms with Gasteiger partial charge < -0.3 is 26.6 Å². The van der Waals surface area contributed by atoms with Crippen LogP contribution in [0.25, 0.3) is 0 Å². The third kappa shape index (κ3) is 7.09. The Bertz CT molecular complexity index is 463. The van der Waals surface area contributed by atoms with Gasteiger partial charge in [0.15, 0.2) is 0 Å². The molecule has 0 aliphatic carbocycles. The van der Waals surface area contributed by atoms with Crippen molar-refractivity contribution in [3.8, 4) is 0 Å². The zero-order valence-corrected chi connectivity index (χ0v) is 13.7. The summed E-state index contributed by atoms with van der Waals surface area (Å²) >= 11 is 0. The Labute approximate surface area is 134 Å². The lowest BCUT2D eigenvalue weighted by Crippen LogP contribution is -2.56. The highest BCUT2D eigenvalue weighted by Gasteiger charge is 2.31. The predicted molar refractivity (Wildman–Crippen MR) is 81.4 cm³/mol. The molecule has 0 radical (unpaired) electrons. The maximum Gasteiger partial charge on any atom is 0.326 e. The van der Waals surface area contributed by atoms with E-state index in [0.717, 1.165) is 0 Å². The lowest BCUT2D eigenvalue weighted by Gasteiger charge is -2.24. The van der Waals surface area contributed by atoms with Crippen molar-refractivity contribution in [2.75, 3.05) is 0 Å². The standard InChI is InChI=1S/C14H25N3O6/c1-6(2)10(15)13(21)16-8(5-9(18)19)12(20)17-11(7(3)4)14(22)23/h6-8,10-11H,5,15H2,1-4H3,(H,16,21)(H,17,20)(H,18,19)(H,22,23)/t8-,10-,11-/m0/s1. The Balaban J connectivity index is 5.09. The summed E-state index contributed by atoms with van der Waals surface area (Å²) in [6.45, 7) is 6.60. The van der Waals surface area contributed by atoms with Crippen molar-refractivity contribution < 1.29 is 29.4 Å². The van der Waals surface area contributed by atoms with E-state index in [1.807, 2.05) is 0 Å². The molecule has 6 N–H and O–H groups in total. The molecule has 0 rings (SSSR count). The number of rotatable bonds is 9. The first-order chi connectivity index (χ1) is 10.5. The van der Waals surface area contributed by atoms with Crippen LogP contribution in [0.1, 0.15) is 34.1 Å². The Hall–Kier alpha value is -2.16. The van der Waals surface area contributed by atoms with Gasteiger partial charge in [-0.05, 0) is 11.8 Å². The molecule has 0 spiro atoms. The second kappa shape index (κ2) is 9.09. The maximum atomic E-state index is 12.1. The fourth-order valence-corrected chi connectivity index (χ4v) is 1.72. The fraction of sp³-hybridized carbons (Fsp3) is 0.714. The van der Waals surface area contributed by atoms with Gasteiger partial charge in [-0.2, -0.15) is 0 Å². The van der Waals surface area contributed by atoms with Crippen LogP contribution in [0.5, 0.6) is 0 Å². The van der Waals surface area contributed by atoms with E-state index in [9.17, 15) is 19.2 Å². The number of carbonyl (C=O) groups excluding carboxylic acids is 2. The number of nitrogens with two attached hydrogens (primary N) is 1. The van der Waals surface area contributed by atoms with Crippen molar-refractivity contribution in [1.29, 1.82) is 0 Å². The summed E-state index contributed by atoms with van der Waals surface area (Å²) in [4.78, 5) is 46.0. The number of carbonyl (C=O) groups is 4. The van der Waals surface area contributed by atoms with Crippen LogP contribution in [0.4, 0.5) is 0 Å². The molecule has 0 aromatic carbocycles. The zero-order chi connectivity index (χ0) is 18.3. The van der Waals surface area contributed by atoms with Crippen LogP contribution in [0.15, 0.2) is 0 Å². The second-order valence-electron chi connectivity index (χ2n) is 6.00. The van der Waals surface area contributed by atoms with Gasteiger partial charge in [-0.1, -0.05) is 27.7 Å². The van der Waals surface area contributed by atoms with Gasteiger partial charge in [-0.15, -0.1) is 0 Å². The zero-order valence-electron chi connectivity index (χ0n) is 13.7. The predicted octanol–water partition coefficient (Wildman–Crippen LogP) is -0.845. The molecule has 0 saturated heterocycles. The molecule has 0 aromatic rings. The SMILES string of the molecule is CC(C)[C@H](N)C(=O)N[C@@H](CC(=O)O)C(=O)N[C@H](C(=O)O)C(C)C. The van der Waals surface area contributed by atoms with Crippen molar-refractivity contribution in [1.82, 2.24) is 10.6 Å². The summed E-state index contributed by atoms with van der Waals surface area (Å²) in [7, 11) is 0. The van der Waals surface area contributed by atoms with Gasteiger partial charge in [-0.25, -0.2) is 4.79 Å². The van der Waals surface area contributed by atoms with Crippen molar-refractivity contribution in [2.45, 2.75) is 52.2 Å². The maximum absolute atomic E-state index is 12.1. The Morgan fingerprint density at radius 3 is 1.78 bits per heavy atom. The largest absolute Gasteiger partial charge is 0.481 e. The van der Waals surface area contributed by atoms with Crippen molar-refractivity contribution in [2.24, 2.45) is 17.6 Å². The number of hydrogen-bond acceptors (Lipinski definition) is 5. The number of amides is 2. The molecule has 0 saturated carbocycles. The monoisotopic (exact) mass is 331 g/mol. The summed E-state index contributed by atoms with van der Waals surface area (Å²) in [5.41, 5.74) is 5.65. The Kier molecular flexibility index (Phi) is 8.23. The van der Waals surface area contributed by atoms with E-state index in [0.29, 0.717) is 0 Å². The summed E-state index contributed by atoms with van der Waals surface area (Å²) in [6.07, 6.45) is -0.674. The smallest absolute Gasteiger partial charge is 0.326 e. The summed E-state index contributed by atoms with van der Waals surface area (Å²) in [5, 5.41) is 22.4. The first kappa shape index (κ1) is 20.8. The molecular formula is C14H25N3O6. The van der Waals surface area contributed by atoms with Crippen molar-refractivity contribution in [3.63, 3.8) is 0 Å². The van der Waals surface area contributed by atoms with Crippen LogP contribution in [0.3, 0.4) is 0 Å². The summed E-state index contributed by atoms with van der Waals surface area (Å²) in [5.74, 6) is -4.70. The van der Waals surface area contributed by atoms with Crippen LogP contribution in [-0.2, 0) is 19.2 Å². The molecule has 0 aromatic heterocycles. The molecule has 9 heteroatoms. The highest BCUT2D eigenvalue weighted by molar-refractivity contribution is 5.94. The lowest BCUT2D eigenvalue weighted by atomic mass is 10.0. The normalized spacial score (nSPS) is 14.9. The number of hydrogen-bond donors (Lipinski definition) is 5. The Morgan fingerprint density at radius 2 is 1.43 bits per heavy atom. The van der Waals surface area contributed by atoms with Crippen molar-refractivity contribution in [3.05, 3.63) is 0 Å². The quantitative estimate of drug-likeness (QED) is 0.368. The van der Waals surface area contributed by atoms with Crippen LogP contribution in [0, 0.1) is 11.8 Å². The van der Waals surface area contributed by atoms with E-state index in [4.69, 9.17) is 15.9 Å². The first-order valence-corrected chi connectivity index (χ1v) is 7.28. The summed E-state index contributed by atoms with van der Waals surface area (Å²) < 4.78 is 0. The van der Waals surface area contributed by atoms with Crippen LogP contribution in [-0.4, -0.2) is 52.1 Å².